The topological polar surface area (TPSA) is 63.2 Å². The molecular formula is C13H20ClN5O. The van der Waals surface area contributed by atoms with E-state index >= 15 is 0 Å². The number of ether oxygens (including phenoxy) is 1. The van der Waals surface area contributed by atoms with E-state index in [0.29, 0.717) is 5.95 Å². The van der Waals surface area contributed by atoms with Crippen molar-refractivity contribution >= 4 is 17.5 Å². The number of nitrogens with one attached hydrogen (secondary N) is 1. The monoisotopic (exact) mass is 297 g/mol. The van der Waals surface area contributed by atoms with Crippen LogP contribution in [0.3, 0.4) is 0 Å². The lowest BCUT2D eigenvalue weighted by molar-refractivity contribution is 0.237. The number of nitrogens with zero attached hydrogens (tertiary/aromatic N) is 4. The van der Waals surface area contributed by atoms with Crippen LogP contribution in [0.4, 0.5) is 5.95 Å². The highest BCUT2D eigenvalue weighted by molar-refractivity contribution is 6.28. The Balaban J connectivity index is 1.95. The quantitative estimate of drug-likeness (QED) is 0.895. The van der Waals surface area contributed by atoms with Crippen LogP contribution in [0.5, 0.6) is 6.01 Å². The molecule has 0 aromatic carbocycles. The molecule has 110 valence electrons. The largest absolute Gasteiger partial charge is 0.467 e. The number of methoxy groups -OCH3 is 1. The molecule has 1 aliphatic heterocycles. The summed E-state index contributed by atoms with van der Waals surface area (Å²) in [5.41, 5.74) is 0.117. The first kappa shape index (κ1) is 13.8. The first-order valence-corrected chi connectivity index (χ1v) is 7.55. The third-order valence-corrected chi connectivity index (χ3v) is 4.49. The first-order chi connectivity index (χ1) is 9.73. The summed E-state index contributed by atoms with van der Waals surface area (Å²) in [6.07, 6.45) is 6.18. The first-order valence-electron chi connectivity index (χ1n) is 7.17. The van der Waals surface area contributed by atoms with Gasteiger partial charge in [0.05, 0.1) is 12.6 Å². The van der Waals surface area contributed by atoms with E-state index in [2.05, 4.69) is 25.2 Å². The number of anilines is 1. The molecule has 20 heavy (non-hydrogen) atoms. The van der Waals surface area contributed by atoms with Crippen LogP contribution in [-0.4, -0.2) is 47.2 Å². The number of piperazine rings is 1. The van der Waals surface area contributed by atoms with Crippen molar-refractivity contribution < 1.29 is 4.74 Å². The van der Waals surface area contributed by atoms with E-state index in [1.54, 1.807) is 7.11 Å². The van der Waals surface area contributed by atoms with Crippen molar-refractivity contribution in [2.75, 3.05) is 31.6 Å². The number of rotatable bonds is 2. The summed E-state index contributed by atoms with van der Waals surface area (Å²) in [6.45, 7) is 2.81. The summed E-state index contributed by atoms with van der Waals surface area (Å²) in [5, 5.41) is 3.70. The zero-order valence-electron chi connectivity index (χ0n) is 11.7. The van der Waals surface area contributed by atoms with Crippen molar-refractivity contribution in [1.29, 1.82) is 0 Å². The fourth-order valence-corrected chi connectivity index (χ4v) is 3.50. The standard InChI is InChI=1S/C13H20ClN5O/c1-20-12-17-10(14)16-11(18-12)19-8-7-15-9-13(19)5-3-2-4-6-13/h15H,2-9H2,1H3. The second-order valence-electron chi connectivity index (χ2n) is 5.50. The van der Waals surface area contributed by atoms with Crippen molar-refractivity contribution in [3.8, 4) is 6.01 Å². The maximum atomic E-state index is 5.99. The van der Waals surface area contributed by atoms with Crippen LogP contribution in [0.1, 0.15) is 32.1 Å². The van der Waals surface area contributed by atoms with Gasteiger partial charge >= 0.3 is 6.01 Å². The van der Waals surface area contributed by atoms with Gasteiger partial charge in [-0.15, -0.1) is 0 Å². The Bertz CT molecular complexity index is 470. The molecular weight excluding hydrogens is 278 g/mol. The van der Waals surface area contributed by atoms with Gasteiger partial charge in [-0.2, -0.15) is 15.0 Å². The fraction of sp³-hybridized carbons (Fsp3) is 0.769. The van der Waals surface area contributed by atoms with Crippen molar-refractivity contribution in [2.45, 2.75) is 37.6 Å². The van der Waals surface area contributed by atoms with E-state index in [-0.39, 0.29) is 16.8 Å². The minimum Gasteiger partial charge on any atom is -0.467 e. The maximum absolute atomic E-state index is 5.99. The normalized spacial score (nSPS) is 22.0. The molecule has 2 fully saturated rings. The third kappa shape index (κ3) is 2.54. The molecule has 0 radical (unpaired) electrons. The van der Waals surface area contributed by atoms with Gasteiger partial charge < -0.3 is 15.0 Å². The van der Waals surface area contributed by atoms with E-state index in [1.807, 2.05) is 0 Å². The number of halogens is 1. The number of hydrogen-bond donors (Lipinski definition) is 1. The lowest BCUT2D eigenvalue weighted by Crippen LogP contribution is -2.62. The Hall–Kier alpha value is -1.14. The van der Waals surface area contributed by atoms with Gasteiger partial charge in [-0.25, -0.2) is 0 Å². The van der Waals surface area contributed by atoms with E-state index in [1.165, 1.54) is 32.1 Å². The average Bonchev–Trinajstić information content (AvgIpc) is 2.48. The van der Waals surface area contributed by atoms with Crippen LogP contribution in [-0.2, 0) is 0 Å². The molecule has 2 aliphatic rings. The highest BCUT2D eigenvalue weighted by Gasteiger charge is 2.41. The highest BCUT2D eigenvalue weighted by Crippen LogP contribution is 2.36. The lowest BCUT2D eigenvalue weighted by Gasteiger charge is -2.49. The Morgan fingerprint density at radius 3 is 2.75 bits per heavy atom. The molecule has 1 spiro atoms. The maximum Gasteiger partial charge on any atom is 0.322 e. The van der Waals surface area contributed by atoms with Crippen molar-refractivity contribution in [3.05, 3.63) is 5.28 Å². The molecule has 1 N–H and O–H groups in total. The molecule has 2 heterocycles. The van der Waals surface area contributed by atoms with E-state index in [9.17, 15) is 0 Å². The van der Waals surface area contributed by atoms with Crippen molar-refractivity contribution in [2.24, 2.45) is 0 Å². The molecule has 6 nitrogen and oxygen atoms in total. The Labute approximate surface area is 123 Å². The molecule has 0 bridgehead atoms. The Kier molecular flexibility index (Phi) is 3.94. The van der Waals surface area contributed by atoms with Crippen molar-refractivity contribution in [3.63, 3.8) is 0 Å². The molecule has 1 aromatic rings. The smallest absolute Gasteiger partial charge is 0.322 e. The zero-order chi connectivity index (χ0) is 14.0. The van der Waals surface area contributed by atoms with Crippen LogP contribution < -0.4 is 15.0 Å². The Morgan fingerprint density at radius 2 is 2.00 bits per heavy atom. The number of aromatic nitrogens is 3. The van der Waals surface area contributed by atoms with Crippen molar-refractivity contribution in [1.82, 2.24) is 20.3 Å². The van der Waals surface area contributed by atoms with Crippen LogP contribution in [0.2, 0.25) is 5.28 Å². The van der Waals surface area contributed by atoms with Crippen LogP contribution in [0, 0.1) is 0 Å². The van der Waals surface area contributed by atoms with Crippen LogP contribution in [0.15, 0.2) is 0 Å². The molecule has 0 amide bonds. The molecule has 1 saturated carbocycles. The van der Waals surface area contributed by atoms with Gasteiger partial charge in [-0.3, -0.25) is 0 Å². The molecule has 0 atom stereocenters. The minimum atomic E-state index is 0.117. The summed E-state index contributed by atoms with van der Waals surface area (Å²) >= 11 is 5.99. The third-order valence-electron chi connectivity index (χ3n) is 4.32. The highest BCUT2D eigenvalue weighted by atomic mass is 35.5. The van der Waals surface area contributed by atoms with Gasteiger partial charge in [-0.1, -0.05) is 19.3 Å². The van der Waals surface area contributed by atoms with Crippen LogP contribution in [0.25, 0.3) is 0 Å². The summed E-state index contributed by atoms with van der Waals surface area (Å²) < 4.78 is 5.11. The average molecular weight is 298 g/mol. The molecule has 1 saturated heterocycles. The summed E-state index contributed by atoms with van der Waals surface area (Å²) in [4.78, 5) is 15.0. The van der Waals surface area contributed by atoms with Gasteiger partial charge in [0, 0.05) is 19.6 Å². The van der Waals surface area contributed by atoms with E-state index < -0.39 is 0 Å². The second kappa shape index (κ2) is 5.69. The van der Waals surface area contributed by atoms with Crippen LogP contribution >= 0.6 is 11.6 Å². The van der Waals surface area contributed by atoms with Gasteiger partial charge in [0.15, 0.2) is 0 Å². The van der Waals surface area contributed by atoms with E-state index in [4.69, 9.17) is 16.3 Å². The summed E-state index contributed by atoms with van der Waals surface area (Å²) in [7, 11) is 1.55. The zero-order valence-corrected chi connectivity index (χ0v) is 12.5. The minimum absolute atomic E-state index is 0.117. The molecule has 0 unspecified atom stereocenters. The summed E-state index contributed by atoms with van der Waals surface area (Å²) in [6, 6.07) is 0.282. The van der Waals surface area contributed by atoms with Gasteiger partial charge in [0.25, 0.3) is 0 Å². The molecule has 7 heteroatoms. The SMILES string of the molecule is COc1nc(Cl)nc(N2CCNCC23CCCCC3)n1. The molecule has 1 aliphatic carbocycles. The lowest BCUT2D eigenvalue weighted by atomic mass is 9.79. The fourth-order valence-electron chi connectivity index (χ4n) is 3.35. The Morgan fingerprint density at radius 1 is 1.20 bits per heavy atom. The predicted octanol–water partition coefficient (Wildman–Crippen LogP) is 1.65. The van der Waals surface area contributed by atoms with Gasteiger partial charge in [0.1, 0.15) is 0 Å². The second-order valence-corrected chi connectivity index (χ2v) is 5.84. The van der Waals surface area contributed by atoms with Gasteiger partial charge in [-0.05, 0) is 24.4 Å². The molecule has 1 aromatic heterocycles. The molecule has 3 rings (SSSR count). The van der Waals surface area contributed by atoms with Gasteiger partial charge in [0.2, 0.25) is 11.2 Å². The summed E-state index contributed by atoms with van der Waals surface area (Å²) in [5.74, 6) is 0.644. The predicted molar refractivity (Wildman–Crippen MR) is 77.4 cm³/mol. The number of hydrogen-bond acceptors (Lipinski definition) is 6. The van der Waals surface area contributed by atoms with E-state index in [0.717, 1.165) is 19.6 Å².